The lowest BCUT2D eigenvalue weighted by atomic mass is 9.94. The van der Waals surface area contributed by atoms with E-state index in [1.54, 1.807) is 6.07 Å². The molecule has 2 heterocycles. The summed E-state index contributed by atoms with van der Waals surface area (Å²) < 4.78 is 11.3. The molecule has 0 radical (unpaired) electrons. The number of nitrogens with zero attached hydrogens (tertiary/aromatic N) is 1. The number of nitrogen functional groups attached to an aromatic ring is 1. The number of pyridine rings is 1. The highest BCUT2D eigenvalue weighted by molar-refractivity contribution is 6.01. The second kappa shape index (κ2) is 6.81. The lowest BCUT2D eigenvalue weighted by Gasteiger charge is -2.21. The lowest BCUT2D eigenvalue weighted by Crippen LogP contribution is -2.28. The van der Waals surface area contributed by atoms with Crippen LogP contribution in [0.5, 0.6) is 11.5 Å². The summed E-state index contributed by atoms with van der Waals surface area (Å²) in [5.74, 6) is 1.93. The maximum Gasteiger partial charge on any atom is 0.236 e. The maximum absolute atomic E-state index is 13.1. The third-order valence-corrected chi connectivity index (χ3v) is 5.48. The summed E-state index contributed by atoms with van der Waals surface area (Å²) in [6.45, 7) is 1.07. The van der Waals surface area contributed by atoms with Crippen LogP contribution < -0.4 is 20.5 Å². The van der Waals surface area contributed by atoms with Crippen molar-refractivity contribution in [1.82, 2.24) is 4.98 Å². The second-order valence-electron chi connectivity index (χ2n) is 7.42. The minimum Gasteiger partial charge on any atom is -0.486 e. The fourth-order valence-corrected chi connectivity index (χ4v) is 3.67. The largest absolute Gasteiger partial charge is 0.486 e. The zero-order valence-electron chi connectivity index (χ0n) is 15.9. The van der Waals surface area contributed by atoms with E-state index in [2.05, 4.69) is 10.3 Å². The van der Waals surface area contributed by atoms with Crippen molar-refractivity contribution in [3.63, 3.8) is 0 Å². The standard InChI is InChI=1S/C23H21N3O3/c24-17-7-4-15(5-8-17)18-2-1-3-21(25-18)26-22(27)23(10-11-23)16-6-9-19-20(14-16)29-13-12-28-19/h1-9,14H,10-13,24H2,(H,25,26,27). The van der Waals surface area contributed by atoms with E-state index in [1.165, 1.54) is 0 Å². The van der Waals surface area contributed by atoms with Crippen LogP contribution in [0.3, 0.4) is 0 Å². The molecule has 2 aliphatic rings. The van der Waals surface area contributed by atoms with Crippen LogP contribution in [0.25, 0.3) is 11.3 Å². The first-order valence-electron chi connectivity index (χ1n) is 9.69. The molecular weight excluding hydrogens is 366 g/mol. The van der Waals surface area contributed by atoms with Crippen molar-refractivity contribution in [2.45, 2.75) is 18.3 Å². The summed E-state index contributed by atoms with van der Waals surface area (Å²) in [5, 5.41) is 3.00. The Morgan fingerprint density at radius 1 is 0.966 bits per heavy atom. The molecule has 1 aromatic heterocycles. The number of nitrogens with two attached hydrogens (primary N) is 1. The van der Waals surface area contributed by atoms with Crippen molar-refractivity contribution >= 4 is 17.4 Å². The topological polar surface area (TPSA) is 86.5 Å². The molecule has 3 N–H and O–H groups in total. The number of fused-ring (bicyclic) bond motifs is 1. The summed E-state index contributed by atoms with van der Waals surface area (Å²) in [6, 6.07) is 18.9. The molecule has 6 nitrogen and oxygen atoms in total. The molecule has 146 valence electrons. The molecule has 0 bridgehead atoms. The van der Waals surface area contributed by atoms with Gasteiger partial charge in [-0.3, -0.25) is 4.79 Å². The van der Waals surface area contributed by atoms with Gasteiger partial charge in [-0.15, -0.1) is 0 Å². The van der Waals surface area contributed by atoms with E-state index in [9.17, 15) is 4.79 Å². The zero-order chi connectivity index (χ0) is 19.8. The fraction of sp³-hybridized carbons (Fsp3) is 0.217. The first kappa shape index (κ1) is 17.6. The van der Waals surface area contributed by atoms with Crippen molar-refractivity contribution in [2.75, 3.05) is 24.3 Å². The Hall–Kier alpha value is -3.54. The molecule has 5 rings (SSSR count). The van der Waals surface area contributed by atoms with Gasteiger partial charge in [-0.1, -0.05) is 24.3 Å². The fourth-order valence-electron chi connectivity index (χ4n) is 3.67. The van der Waals surface area contributed by atoms with Gasteiger partial charge in [0.1, 0.15) is 19.0 Å². The van der Waals surface area contributed by atoms with Gasteiger partial charge in [0.15, 0.2) is 11.5 Å². The van der Waals surface area contributed by atoms with Crippen molar-refractivity contribution in [3.8, 4) is 22.8 Å². The Bertz CT molecular complexity index is 1070. The number of aromatic nitrogens is 1. The van der Waals surface area contributed by atoms with Crippen LogP contribution in [-0.4, -0.2) is 24.1 Å². The molecule has 1 saturated carbocycles. The molecule has 0 unspecified atom stereocenters. The Balaban J connectivity index is 1.38. The van der Waals surface area contributed by atoms with E-state index in [4.69, 9.17) is 15.2 Å². The molecule has 0 saturated heterocycles. The minimum absolute atomic E-state index is 0.0452. The van der Waals surface area contributed by atoms with E-state index < -0.39 is 5.41 Å². The molecule has 6 heteroatoms. The van der Waals surface area contributed by atoms with Gasteiger partial charge >= 0.3 is 0 Å². The molecular formula is C23H21N3O3. The molecule has 1 aliphatic carbocycles. The highest BCUT2D eigenvalue weighted by atomic mass is 16.6. The summed E-state index contributed by atoms with van der Waals surface area (Å²) in [5.41, 5.74) is 8.61. The Kier molecular flexibility index (Phi) is 4.12. The number of nitrogens with one attached hydrogen (secondary N) is 1. The van der Waals surface area contributed by atoms with Crippen molar-refractivity contribution < 1.29 is 14.3 Å². The quantitative estimate of drug-likeness (QED) is 0.666. The van der Waals surface area contributed by atoms with E-state index in [1.807, 2.05) is 54.6 Å². The van der Waals surface area contributed by atoms with E-state index in [-0.39, 0.29) is 5.91 Å². The van der Waals surface area contributed by atoms with Gasteiger partial charge in [-0.2, -0.15) is 0 Å². The van der Waals surface area contributed by atoms with E-state index in [0.29, 0.717) is 30.5 Å². The van der Waals surface area contributed by atoms with E-state index in [0.717, 1.165) is 35.4 Å². The van der Waals surface area contributed by atoms with Crippen LogP contribution in [0.2, 0.25) is 0 Å². The smallest absolute Gasteiger partial charge is 0.236 e. The van der Waals surface area contributed by atoms with Gasteiger partial charge in [0.05, 0.1) is 11.1 Å². The van der Waals surface area contributed by atoms with Crippen LogP contribution in [0.1, 0.15) is 18.4 Å². The Morgan fingerprint density at radius 2 is 1.72 bits per heavy atom. The molecule has 29 heavy (non-hydrogen) atoms. The number of amides is 1. The predicted octanol–water partition coefficient (Wildman–Crippen LogP) is 3.77. The molecule has 1 fully saturated rings. The average Bonchev–Trinajstić information content (AvgIpc) is 3.56. The first-order chi connectivity index (χ1) is 14.1. The van der Waals surface area contributed by atoms with Crippen molar-refractivity contribution in [3.05, 3.63) is 66.2 Å². The Labute approximate surface area is 168 Å². The number of ether oxygens (including phenoxy) is 2. The van der Waals surface area contributed by atoms with Crippen LogP contribution in [0, 0.1) is 0 Å². The van der Waals surface area contributed by atoms with Crippen molar-refractivity contribution in [2.24, 2.45) is 0 Å². The van der Waals surface area contributed by atoms with Crippen molar-refractivity contribution in [1.29, 1.82) is 0 Å². The summed E-state index contributed by atoms with van der Waals surface area (Å²) in [7, 11) is 0. The molecule has 2 aromatic carbocycles. The molecule has 1 aliphatic heterocycles. The number of carbonyl (C=O) groups excluding carboxylic acids is 1. The number of carbonyl (C=O) groups is 1. The molecule has 0 spiro atoms. The first-order valence-corrected chi connectivity index (χ1v) is 9.69. The maximum atomic E-state index is 13.1. The zero-order valence-corrected chi connectivity index (χ0v) is 15.9. The number of rotatable bonds is 4. The third-order valence-electron chi connectivity index (χ3n) is 5.48. The van der Waals surface area contributed by atoms with Gasteiger partial charge in [0, 0.05) is 11.3 Å². The van der Waals surface area contributed by atoms with Crippen LogP contribution in [-0.2, 0) is 10.2 Å². The number of hydrogen-bond donors (Lipinski definition) is 2. The predicted molar refractivity (Wildman–Crippen MR) is 111 cm³/mol. The highest BCUT2D eigenvalue weighted by Gasteiger charge is 2.51. The van der Waals surface area contributed by atoms with E-state index >= 15 is 0 Å². The molecule has 0 atom stereocenters. The monoisotopic (exact) mass is 387 g/mol. The summed E-state index contributed by atoms with van der Waals surface area (Å²) in [6.07, 6.45) is 1.60. The number of hydrogen-bond acceptors (Lipinski definition) is 5. The van der Waals surface area contributed by atoms with Crippen LogP contribution in [0.4, 0.5) is 11.5 Å². The van der Waals surface area contributed by atoms with Crippen LogP contribution in [0.15, 0.2) is 60.7 Å². The highest BCUT2D eigenvalue weighted by Crippen LogP contribution is 2.50. The average molecular weight is 387 g/mol. The van der Waals surface area contributed by atoms with Gasteiger partial charge in [0.25, 0.3) is 0 Å². The van der Waals surface area contributed by atoms with Gasteiger partial charge in [-0.25, -0.2) is 4.98 Å². The normalized spacial score (nSPS) is 16.1. The molecule has 1 amide bonds. The second-order valence-corrected chi connectivity index (χ2v) is 7.42. The summed E-state index contributed by atoms with van der Waals surface area (Å²) in [4.78, 5) is 17.7. The minimum atomic E-state index is -0.533. The summed E-state index contributed by atoms with van der Waals surface area (Å²) >= 11 is 0. The van der Waals surface area contributed by atoms with Crippen LogP contribution >= 0.6 is 0 Å². The molecule has 3 aromatic rings. The lowest BCUT2D eigenvalue weighted by molar-refractivity contribution is -0.118. The number of anilines is 2. The van der Waals surface area contributed by atoms with Gasteiger partial charge in [0.2, 0.25) is 5.91 Å². The third kappa shape index (κ3) is 3.27. The van der Waals surface area contributed by atoms with Gasteiger partial charge < -0.3 is 20.5 Å². The Morgan fingerprint density at radius 3 is 2.48 bits per heavy atom. The van der Waals surface area contributed by atoms with Gasteiger partial charge in [-0.05, 0) is 54.8 Å². The SMILES string of the molecule is Nc1ccc(-c2cccc(NC(=O)C3(c4ccc5c(c4)OCCO5)CC3)n2)cc1. The number of benzene rings is 2.